The Morgan fingerprint density at radius 3 is 1.55 bits per heavy atom. The highest BCUT2D eigenvalue weighted by Crippen LogP contribution is 2.68. The molecule has 0 aromatic heterocycles. The number of hydrogen-bond donors (Lipinski definition) is 5. The predicted molar refractivity (Wildman–Crippen MR) is 71.3 cm³/mol. The lowest BCUT2D eigenvalue weighted by atomic mass is 10.5. The normalized spacial score (nSPS) is 14.6. The van der Waals surface area contributed by atoms with Gasteiger partial charge >= 0.3 is 22.8 Å². The highest BCUT2D eigenvalue weighted by Gasteiger charge is 2.57. The zero-order chi connectivity index (χ0) is 16.2. The summed E-state index contributed by atoms with van der Waals surface area (Å²) in [4.78, 5) is 36.2. The molecule has 0 aromatic rings. The quantitative estimate of drug-likeness (QED) is 0.368. The molecular weight excluding hydrogens is 335 g/mol. The van der Waals surface area contributed by atoms with Gasteiger partial charge in [0.15, 0.2) is 0 Å². The third kappa shape index (κ3) is 5.00. The molecule has 13 heteroatoms. The molecule has 0 heterocycles. The predicted octanol–water partition coefficient (Wildman–Crippen LogP) is 0.610. The molecule has 0 spiro atoms. The highest BCUT2D eigenvalue weighted by atomic mass is 31.2. The van der Waals surface area contributed by atoms with Crippen molar-refractivity contribution >= 4 is 22.8 Å². The van der Waals surface area contributed by atoms with E-state index in [1.807, 2.05) is 0 Å². The van der Waals surface area contributed by atoms with Crippen LogP contribution in [0.25, 0.3) is 0 Å². The van der Waals surface area contributed by atoms with Gasteiger partial charge in [0.2, 0.25) is 5.02 Å². The van der Waals surface area contributed by atoms with Crippen molar-refractivity contribution < 1.29 is 42.3 Å². The second-order valence-corrected chi connectivity index (χ2v) is 10.2. The van der Waals surface area contributed by atoms with E-state index in [9.17, 15) is 13.7 Å². The summed E-state index contributed by atoms with van der Waals surface area (Å²) < 4.78 is 44.3. The van der Waals surface area contributed by atoms with Crippen LogP contribution in [0, 0.1) is 0 Å². The van der Waals surface area contributed by atoms with Gasteiger partial charge in [-0.05, 0) is 13.8 Å². The lowest BCUT2D eigenvalue weighted by Crippen LogP contribution is -2.40. The van der Waals surface area contributed by atoms with Crippen molar-refractivity contribution in [1.82, 2.24) is 0 Å². The molecule has 0 amide bonds. The molecule has 20 heavy (non-hydrogen) atoms. The minimum absolute atomic E-state index is 0.000665. The lowest BCUT2D eigenvalue weighted by Gasteiger charge is -2.31. The lowest BCUT2D eigenvalue weighted by molar-refractivity contribution is 0.218. The van der Waals surface area contributed by atoms with Gasteiger partial charge < -0.3 is 34.4 Å². The fourth-order valence-corrected chi connectivity index (χ4v) is 5.58. The summed E-state index contributed by atoms with van der Waals surface area (Å²) >= 11 is 0. The summed E-state index contributed by atoms with van der Waals surface area (Å²) in [5.74, 6) is 0. The largest absolute Gasteiger partial charge is 0.357 e. The van der Waals surface area contributed by atoms with Crippen LogP contribution in [0.5, 0.6) is 0 Å². The Hall–Kier alpha value is 0.410. The Morgan fingerprint density at radius 2 is 1.30 bits per heavy atom. The molecule has 0 bridgehead atoms. The van der Waals surface area contributed by atoms with Crippen LogP contribution in [-0.2, 0) is 22.7 Å². The molecule has 122 valence electrons. The Morgan fingerprint density at radius 1 is 0.950 bits per heavy atom. The van der Waals surface area contributed by atoms with Gasteiger partial charge in [-0.25, -0.2) is 0 Å². The zero-order valence-electron chi connectivity index (χ0n) is 11.1. The molecule has 6 N–H and O–H groups in total. The Kier molecular flexibility index (Phi) is 7.26. The van der Waals surface area contributed by atoms with E-state index >= 15 is 0 Å². The molecule has 0 radical (unpaired) electrons. The van der Waals surface area contributed by atoms with E-state index in [0.717, 1.165) is 0 Å². The van der Waals surface area contributed by atoms with Crippen LogP contribution in [-0.4, -0.2) is 44.0 Å². The summed E-state index contributed by atoms with van der Waals surface area (Å²) in [6.45, 7) is 3.04. The van der Waals surface area contributed by atoms with Crippen molar-refractivity contribution in [2.45, 2.75) is 25.3 Å². The summed E-state index contributed by atoms with van der Waals surface area (Å²) in [5.41, 5.74) is 5.19. The van der Waals surface area contributed by atoms with Gasteiger partial charge in [-0.15, -0.1) is 0 Å². The monoisotopic (exact) mass is 355 g/mol. The smallest absolute Gasteiger partial charge is 0.323 e. The minimum atomic E-state index is -5.35. The van der Waals surface area contributed by atoms with Gasteiger partial charge in [-0.3, -0.25) is 13.7 Å². The van der Waals surface area contributed by atoms with Gasteiger partial charge in [0.1, 0.15) is 0 Å². The topological polar surface area (TPSA) is 177 Å². The molecule has 0 aliphatic rings. The van der Waals surface area contributed by atoms with Crippen LogP contribution in [0.4, 0.5) is 0 Å². The maximum absolute atomic E-state index is 12.1. The van der Waals surface area contributed by atoms with E-state index in [0.29, 0.717) is 0 Å². The van der Waals surface area contributed by atoms with Gasteiger partial charge in [-0.1, -0.05) is 0 Å². The first-order valence-corrected chi connectivity index (χ1v) is 10.6. The summed E-state index contributed by atoms with van der Waals surface area (Å²) in [5, 5.41) is -3.12. The first-order valence-electron chi connectivity index (χ1n) is 5.61. The van der Waals surface area contributed by atoms with Crippen molar-refractivity contribution in [2.75, 3.05) is 19.4 Å². The Labute approximate surface area is 116 Å². The molecule has 0 rings (SSSR count). The average molecular weight is 355 g/mol. The molecular formula is C7H20NO9P3. The Bertz CT molecular complexity index is 422. The second-order valence-electron chi connectivity index (χ2n) is 3.89. The first kappa shape index (κ1) is 20.4. The van der Waals surface area contributed by atoms with Gasteiger partial charge in [0, 0.05) is 6.42 Å². The molecule has 0 aromatic carbocycles. The summed E-state index contributed by atoms with van der Waals surface area (Å²) in [7, 11) is -14.4. The highest BCUT2D eigenvalue weighted by molar-refractivity contribution is 7.72. The molecule has 0 fully saturated rings. The van der Waals surface area contributed by atoms with Gasteiger partial charge in [0.05, 0.1) is 19.4 Å². The van der Waals surface area contributed by atoms with E-state index in [2.05, 4.69) is 0 Å². The van der Waals surface area contributed by atoms with Gasteiger partial charge in [0.25, 0.3) is 0 Å². The van der Waals surface area contributed by atoms with E-state index in [4.69, 9.17) is 34.4 Å². The third-order valence-electron chi connectivity index (χ3n) is 2.41. The van der Waals surface area contributed by atoms with Crippen LogP contribution in [0.1, 0.15) is 20.3 Å². The van der Waals surface area contributed by atoms with E-state index in [1.165, 1.54) is 13.8 Å². The van der Waals surface area contributed by atoms with Crippen molar-refractivity contribution in [3.8, 4) is 0 Å². The van der Waals surface area contributed by atoms with E-state index in [1.54, 1.807) is 0 Å². The minimum Gasteiger partial charge on any atom is -0.323 e. The van der Waals surface area contributed by atoms with Crippen LogP contribution in [0.2, 0.25) is 0 Å². The van der Waals surface area contributed by atoms with Crippen LogP contribution < -0.4 is 5.73 Å². The standard InChI is InChI=1S/C7H20NO9P3/c1-3-16-18(9,17-4-2)6-5-7(8,19(10,11)12)20(13,14)15/h3-6,8H2,1-2H3,(H2,10,11,12)(H2,13,14,15). The Balaban J connectivity index is 5.28. The van der Waals surface area contributed by atoms with Crippen LogP contribution in [0.3, 0.4) is 0 Å². The number of rotatable bonds is 9. The first-order chi connectivity index (χ1) is 8.83. The van der Waals surface area contributed by atoms with Crippen molar-refractivity contribution in [1.29, 1.82) is 0 Å². The molecule has 0 saturated carbocycles. The van der Waals surface area contributed by atoms with Crippen LogP contribution >= 0.6 is 22.8 Å². The average Bonchev–Trinajstić information content (AvgIpc) is 2.23. The summed E-state index contributed by atoms with van der Waals surface area (Å²) in [6.07, 6.45) is -1.54. The molecule has 0 aliphatic heterocycles. The van der Waals surface area contributed by atoms with Crippen LogP contribution in [0.15, 0.2) is 0 Å². The maximum atomic E-state index is 12.1. The number of hydrogen-bond acceptors (Lipinski definition) is 6. The molecule has 0 unspecified atom stereocenters. The molecule has 0 saturated heterocycles. The zero-order valence-corrected chi connectivity index (χ0v) is 13.8. The fourth-order valence-electron chi connectivity index (χ4n) is 1.32. The summed E-state index contributed by atoms with van der Waals surface area (Å²) in [6, 6.07) is 0. The second kappa shape index (κ2) is 7.11. The molecule has 10 nitrogen and oxygen atoms in total. The van der Waals surface area contributed by atoms with Crippen molar-refractivity contribution in [3.05, 3.63) is 0 Å². The van der Waals surface area contributed by atoms with E-state index < -0.39 is 40.4 Å². The van der Waals surface area contributed by atoms with Crippen molar-refractivity contribution in [3.63, 3.8) is 0 Å². The molecule has 0 atom stereocenters. The fraction of sp³-hybridized carbons (Fsp3) is 1.00. The van der Waals surface area contributed by atoms with E-state index in [-0.39, 0.29) is 13.2 Å². The van der Waals surface area contributed by atoms with Gasteiger partial charge in [-0.2, -0.15) is 0 Å². The molecule has 0 aliphatic carbocycles. The van der Waals surface area contributed by atoms with Crippen molar-refractivity contribution in [2.24, 2.45) is 5.73 Å². The SMILES string of the molecule is CCOP(=O)(CCC(N)(P(=O)(O)O)P(=O)(O)O)OCC. The number of nitrogens with two attached hydrogens (primary N) is 1. The third-order valence-corrected chi connectivity index (χ3v) is 8.52. The maximum Gasteiger partial charge on any atom is 0.357 e.